The van der Waals surface area contributed by atoms with Crippen molar-refractivity contribution < 1.29 is 18.7 Å². The molecule has 0 spiro atoms. The van der Waals surface area contributed by atoms with Crippen molar-refractivity contribution >= 4 is 11.9 Å². The van der Waals surface area contributed by atoms with E-state index in [2.05, 4.69) is 33.9 Å². The van der Waals surface area contributed by atoms with E-state index < -0.39 is 18.3 Å². The second-order valence-electron chi connectivity index (χ2n) is 7.36. The first-order chi connectivity index (χ1) is 13.2. The summed E-state index contributed by atoms with van der Waals surface area (Å²) in [5.41, 5.74) is 7.14. The van der Waals surface area contributed by atoms with Crippen LogP contribution in [0.5, 0.6) is 5.75 Å². The van der Waals surface area contributed by atoms with Crippen molar-refractivity contribution in [3.05, 3.63) is 36.2 Å². The SMILES string of the molecule is COC(=O)Nc1cc(-c2ccc(OC[C@@](C)(N)CC(C)C)c(CF)n2)ccn1. The van der Waals surface area contributed by atoms with Gasteiger partial charge in [0.25, 0.3) is 0 Å². The van der Waals surface area contributed by atoms with E-state index in [0.717, 1.165) is 6.42 Å². The number of hydrogen-bond donors (Lipinski definition) is 2. The monoisotopic (exact) mass is 390 g/mol. The highest BCUT2D eigenvalue weighted by Gasteiger charge is 2.22. The Morgan fingerprint density at radius 2 is 2.11 bits per heavy atom. The van der Waals surface area contributed by atoms with Crippen LogP contribution in [0.4, 0.5) is 15.0 Å². The number of carbonyl (C=O) groups excluding carboxylic acids is 1. The van der Waals surface area contributed by atoms with Gasteiger partial charge in [-0.2, -0.15) is 0 Å². The lowest BCUT2D eigenvalue weighted by Gasteiger charge is -2.27. The number of aromatic nitrogens is 2. The van der Waals surface area contributed by atoms with Gasteiger partial charge in [-0.05, 0) is 43.5 Å². The molecule has 0 bridgehead atoms. The molecule has 0 saturated heterocycles. The van der Waals surface area contributed by atoms with Crippen LogP contribution in [-0.2, 0) is 11.4 Å². The standard InChI is InChI=1S/C20H27FN4O3/c1-13(2)10-20(3,22)12-28-17-6-5-15(24-16(17)11-21)14-7-8-23-18(9-14)25-19(26)27-4/h5-9,13H,10-12,22H2,1-4H3,(H,23,25,26)/t20-/m0/s1. The molecular formula is C20H27FN4O3. The Hall–Kier alpha value is -2.74. The summed E-state index contributed by atoms with van der Waals surface area (Å²) in [5.74, 6) is 1.11. The van der Waals surface area contributed by atoms with Crippen molar-refractivity contribution in [3.8, 4) is 17.0 Å². The minimum Gasteiger partial charge on any atom is -0.490 e. The number of alkyl halides is 1. The molecule has 0 aliphatic rings. The van der Waals surface area contributed by atoms with Gasteiger partial charge in [0.2, 0.25) is 0 Å². The number of carbonyl (C=O) groups is 1. The lowest BCUT2D eigenvalue weighted by Crippen LogP contribution is -2.43. The van der Waals surface area contributed by atoms with E-state index in [0.29, 0.717) is 28.7 Å². The van der Waals surface area contributed by atoms with E-state index in [1.165, 1.54) is 13.3 Å². The van der Waals surface area contributed by atoms with Crippen LogP contribution in [0.25, 0.3) is 11.3 Å². The van der Waals surface area contributed by atoms with E-state index in [-0.39, 0.29) is 12.3 Å². The number of pyridine rings is 2. The normalized spacial score (nSPS) is 13.1. The summed E-state index contributed by atoms with van der Waals surface area (Å²) in [5, 5.41) is 2.48. The molecule has 0 aliphatic heterocycles. The van der Waals surface area contributed by atoms with Gasteiger partial charge in [0, 0.05) is 17.3 Å². The molecule has 0 saturated carbocycles. The third-order valence-electron chi connectivity index (χ3n) is 3.96. The van der Waals surface area contributed by atoms with Crippen LogP contribution in [-0.4, -0.2) is 35.3 Å². The summed E-state index contributed by atoms with van der Waals surface area (Å²) in [6.07, 6.45) is 1.68. The predicted molar refractivity (Wildman–Crippen MR) is 106 cm³/mol. The van der Waals surface area contributed by atoms with Crippen LogP contribution in [0.1, 0.15) is 32.9 Å². The Kier molecular flexibility index (Phi) is 7.28. The second-order valence-corrected chi connectivity index (χ2v) is 7.36. The van der Waals surface area contributed by atoms with E-state index in [1.807, 2.05) is 6.92 Å². The molecule has 1 atom stereocenters. The summed E-state index contributed by atoms with van der Waals surface area (Å²) in [7, 11) is 1.26. The number of nitrogens with zero attached hydrogens (tertiary/aromatic N) is 2. The number of methoxy groups -OCH3 is 1. The van der Waals surface area contributed by atoms with Crippen molar-refractivity contribution in [2.24, 2.45) is 11.7 Å². The fourth-order valence-corrected chi connectivity index (χ4v) is 2.92. The van der Waals surface area contributed by atoms with Crippen LogP contribution < -0.4 is 15.8 Å². The van der Waals surface area contributed by atoms with Gasteiger partial charge in [0.1, 0.15) is 30.5 Å². The van der Waals surface area contributed by atoms with Crippen molar-refractivity contribution in [3.63, 3.8) is 0 Å². The topological polar surface area (TPSA) is 99.4 Å². The quantitative estimate of drug-likeness (QED) is 0.708. The zero-order valence-corrected chi connectivity index (χ0v) is 16.7. The molecule has 2 aromatic heterocycles. The molecule has 28 heavy (non-hydrogen) atoms. The Morgan fingerprint density at radius 1 is 1.36 bits per heavy atom. The maximum Gasteiger partial charge on any atom is 0.412 e. The Labute approximate surface area is 164 Å². The first kappa shape index (κ1) is 21.6. The molecule has 1 amide bonds. The summed E-state index contributed by atoms with van der Waals surface area (Å²) < 4.78 is 23.9. The summed E-state index contributed by atoms with van der Waals surface area (Å²) in [6.45, 7) is 5.59. The number of amides is 1. The number of nitrogens with two attached hydrogens (primary N) is 1. The summed E-state index contributed by atoms with van der Waals surface area (Å²) in [4.78, 5) is 19.7. The van der Waals surface area contributed by atoms with Crippen LogP contribution in [0, 0.1) is 5.92 Å². The van der Waals surface area contributed by atoms with E-state index >= 15 is 0 Å². The van der Waals surface area contributed by atoms with Crippen molar-refractivity contribution in [2.45, 2.75) is 39.4 Å². The minimum absolute atomic E-state index is 0.192. The maximum atomic E-state index is 13.5. The van der Waals surface area contributed by atoms with Gasteiger partial charge in [-0.1, -0.05) is 13.8 Å². The van der Waals surface area contributed by atoms with Gasteiger partial charge >= 0.3 is 6.09 Å². The largest absolute Gasteiger partial charge is 0.490 e. The summed E-state index contributed by atoms with van der Waals surface area (Å²) in [6, 6.07) is 6.74. The zero-order chi connectivity index (χ0) is 20.7. The molecule has 0 aliphatic carbocycles. The first-order valence-corrected chi connectivity index (χ1v) is 9.03. The highest BCUT2D eigenvalue weighted by atomic mass is 19.1. The molecule has 0 radical (unpaired) electrons. The first-order valence-electron chi connectivity index (χ1n) is 9.03. The Morgan fingerprint density at radius 3 is 2.75 bits per heavy atom. The molecular weight excluding hydrogens is 363 g/mol. The van der Waals surface area contributed by atoms with Crippen LogP contribution in [0.15, 0.2) is 30.5 Å². The highest BCUT2D eigenvalue weighted by molar-refractivity contribution is 5.84. The number of hydrogen-bond acceptors (Lipinski definition) is 6. The number of nitrogens with one attached hydrogen (secondary N) is 1. The molecule has 7 nitrogen and oxygen atoms in total. The number of rotatable bonds is 8. The molecule has 0 unspecified atom stereocenters. The van der Waals surface area contributed by atoms with Crippen LogP contribution in [0.3, 0.4) is 0 Å². The summed E-state index contributed by atoms with van der Waals surface area (Å²) >= 11 is 0. The third-order valence-corrected chi connectivity index (χ3v) is 3.96. The molecule has 3 N–H and O–H groups in total. The Bertz CT molecular complexity index is 812. The van der Waals surface area contributed by atoms with Gasteiger partial charge in [-0.25, -0.2) is 19.2 Å². The molecule has 8 heteroatoms. The second kappa shape index (κ2) is 9.45. The van der Waals surface area contributed by atoms with Crippen LogP contribution >= 0.6 is 0 Å². The number of halogens is 1. The van der Waals surface area contributed by atoms with Crippen molar-refractivity contribution in [1.82, 2.24) is 9.97 Å². The van der Waals surface area contributed by atoms with Crippen molar-refractivity contribution in [2.75, 3.05) is 19.0 Å². The zero-order valence-electron chi connectivity index (χ0n) is 16.7. The molecule has 2 rings (SSSR count). The molecule has 2 aromatic rings. The van der Waals surface area contributed by atoms with Gasteiger partial charge in [0.05, 0.1) is 12.8 Å². The minimum atomic E-state index is -0.771. The molecule has 0 fully saturated rings. The van der Waals surface area contributed by atoms with Gasteiger partial charge in [0.15, 0.2) is 0 Å². The van der Waals surface area contributed by atoms with Gasteiger partial charge in [-0.15, -0.1) is 0 Å². The van der Waals surface area contributed by atoms with E-state index in [1.54, 1.807) is 24.3 Å². The molecule has 0 aromatic carbocycles. The van der Waals surface area contributed by atoms with Crippen LogP contribution in [0.2, 0.25) is 0 Å². The third kappa shape index (κ3) is 6.16. The number of anilines is 1. The average Bonchev–Trinajstić information content (AvgIpc) is 2.65. The average molecular weight is 390 g/mol. The van der Waals surface area contributed by atoms with Crippen molar-refractivity contribution in [1.29, 1.82) is 0 Å². The fraction of sp³-hybridized carbons (Fsp3) is 0.450. The maximum absolute atomic E-state index is 13.5. The van der Waals surface area contributed by atoms with Gasteiger partial charge < -0.3 is 15.2 Å². The van der Waals surface area contributed by atoms with E-state index in [4.69, 9.17) is 10.5 Å². The predicted octanol–water partition coefficient (Wildman–Crippen LogP) is 3.93. The molecule has 152 valence electrons. The fourth-order valence-electron chi connectivity index (χ4n) is 2.92. The smallest absolute Gasteiger partial charge is 0.412 e. The molecule has 2 heterocycles. The highest BCUT2D eigenvalue weighted by Crippen LogP contribution is 2.26. The number of ether oxygens (including phenoxy) is 2. The Balaban J connectivity index is 2.19. The van der Waals surface area contributed by atoms with Gasteiger partial charge in [-0.3, -0.25) is 5.32 Å². The van der Waals surface area contributed by atoms with E-state index in [9.17, 15) is 9.18 Å². The lowest BCUT2D eigenvalue weighted by atomic mass is 9.93. The lowest BCUT2D eigenvalue weighted by molar-refractivity contribution is 0.187.